The van der Waals surface area contributed by atoms with Crippen molar-refractivity contribution in [3.8, 4) is 6.07 Å². The Bertz CT molecular complexity index is 971. The van der Waals surface area contributed by atoms with Crippen molar-refractivity contribution in [1.82, 2.24) is 14.7 Å². The minimum absolute atomic E-state index is 0.00256. The van der Waals surface area contributed by atoms with Gasteiger partial charge in [-0.25, -0.2) is 13.1 Å². The third kappa shape index (κ3) is 4.12. The molecule has 1 saturated heterocycles. The molecule has 0 bridgehead atoms. The van der Waals surface area contributed by atoms with Crippen LogP contribution in [-0.4, -0.2) is 52.6 Å². The number of amides is 1. The highest BCUT2D eigenvalue weighted by Gasteiger charge is 2.38. The van der Waals surface area contributed by atoms with Gasteiger partial charge in [-0.05, 0) is 38.7 Å². The third-order valence-electron chi connectivity index (χ3n) is 5.89. The summed E-state index contributed by atoms with van der Waals surface area (Å²) in [7, 11) is -3.14. The van der Waals surface area contributed by atoms with E-state index in [1.165, 1.54) is 0 Å². The summed E-state index contributed by atoms with van der Waals surface area (Å²) in [5.41, 5.74) is 0.452. The van der Waals surface area contributed by atoms with E-state index in [4.69, 9.17) is 0 Å². The van der Waals surface area contributed by atoms with Crippen LogP contribution < -0.4 is 5.56 Å². The monoisotopic (exact) mass is 406 g/mol. The van der Waals surface area contributed by atoms with Crippen LogP contribution in [0, 0.1) is 25.2 Å². The van der Waals surface area contributed by atoms with Gasteiger partial charge in [-0.2, -0.15) is 10.4 Å². The fourth-order valence-corrected chi connectivity index (χ4v) is 5.99. The van der Waals surface area contributed by atoms with E-state index in [-0.39, 0.29) is 41.6 Å². The van der Waals surface area contributed by atoms with Crippen LogP contribution >= 0.6 is 0 Å². The molecule has 152 valence electrons. The van der Waals surface area contributed by atoms with Crippen LogP contribution in [0.15, 0.2) is 4.79 Å². The first-order valence-electron chi connectivity index (χ1n) is 9.73. The van der Waals surface area contributed by atoms with Crippen molar-refractivity contribution < 1.29 is 13.2 Å². The van der Waals surface area contributed by atoms with Crippen molar-refractivity contribution in [1.29, 1.82) is 5.26 Å². The maximum atomic E-state index is 13.2. The molecule has 1 aromatic rings. The van der Waals surface area contributed by atoms with Crippen LogP contribution in [-0.2, 0) is 21.2 Å². The molecule has 0 radical (unpaired) electrons. The van der Waals surface area contributed by atoms with Gasteiger partial charge >= 0.3 is 0 Å². The lowest BCUT2D eigenvalue weighted by Gasteiger charge is -2.38. The van der Waals surface area contributed by atoms with E-state index >= 15 is 0 Å². The van der Waals surface area contributed by atoms with Crippen molar-refractivity contribution in [2.75, 3.05) is 11.5 Å². The number of nitrogens with zero attached hydrogens (tertiary/aromatic N) is 4. The molecule has 1 aliphatic carbocycles. The van der Waals surface area contributed by atoms with Gasteiger partial charge in [-0.1, -0.05) is 19.3 Å². The minimum atomic E-state index is -3.14. The average molecular weight is 407 g/mol. The molecule has 9 heteroatoms. The Morgan fingerprint density at radius 3 is 2.46 bits per heavy atom. The number of aromatic nitrogens is 2. The van der Waals surface area contributed by atoms with E-state index < -0.39 is 15.4 Å². The van der Waals surface area contributed by atoms with Gasteiger partial charge in [0.15, 0.2) is 9.84 Å². The number of carbonyl (C=O) groups is 1. The zero-order valence-corrected chi connectivity index (χ0v) is 17.2. The van der Waals surface area contributed by atoms with Gasteiger partial charge in [0.05, 0.1) is 17.2 Å². The maximum Gasteiger partial charge on any atom is 0.285 e. The van der Waals surface area contributed by atoms with Gasteiger partial charge in [0.1, 0.15) is 18.2 Å². The summed E-state index contributed by atoms with van der Waals surface area (Å²) in [5, 5.41) is 13.5. The summed E-state index contributed by atoms with van der Waals surface area (Å²) in [6.45, 7) is 3.08. The van der Waals surface area contributed by atoms with E-state index in [2.05, 4.69) is 5.10 Å². The molecule has 1 aromatic heterocycles. The number of nitriles is 1. The Kier molecular flexibility index (Phi) is 5.89. The van der Waals surface area contributed by atoms with E-state index in [1.807, 2.05) is 6.07 Å². The second-order valence-electron chi connectivity index (χ2n) is 7.81. The fourth-order valence-electron chi connectivity index (χ4n) is 4.28. The highest BCUT2D eigenvalue weighted by Crippen LogP contribution is 2.28. The zero-order chi connectivity index (χ0) is 20.5. The lowest BCUT2D eigenvalue weighted by atomic mass is 9.93. The second-order valence-corrected chi connectivity index (χ2v) is 10.0. The Balaban J connectivity index is 1.91. The molecular weight excluding hydrogens is 380 g/mol. The fraction of sp³-hybridized carbons (Fsp3) is 0.684. The van der Waals surface area contributed by atoms with Crippen molar-refractivity contribution in [2.24, 2.45) is 0 Å². The number of sulfone groups is 1. The molecule has 1 atom stereocenters. The molecule has 0 spiro atoms. The molecule has 1 saturated carbocycles. The summed E-state index contributed by atoms with van der Waals surface area (Å²) in [6.07, 6.45) is 5.26. The summed E-state index contributed by atoms with van der Waals surface area (Å²) in [4.78, 5) is 27.5. The first-order chi connectivity index (χ1) is 13.2. The SMILES string of the molecule is Cc1nn(CC(=O)N(C2CCCCC2)C2CCS(=O)(=O)C2)c(=O)c(C#N)c1C. The Morgan fingerprint density at radius 1 is 1.21 bits per heavy atom. The van der Waals surface area contributed by atoms with E-state index in [1.54, 1.807) is 18.7 Å². The first-order valence-corrected chi connectivity index (χ1v) is 11.6. The Morgan fingerprint density at radius 2 is 1.89 bits per heavy atom. The molecule has 0 aromatic carbocycles. The van der Waals surface area contributed by atoms with Crippen LogP contribution in [0.2, 0.25) is 0 Å². The van der Waals surface area contributed by atoms with Crippen molar-refractivity contribution in [3.05, 3.63) is 27.2 Å². The highest BCUT2D eigenvalue weighted by atomic mass is 32.2. The zero-order valence-electron chi connectivity index (χ0n) is 16.3. The molecule has 2 heterocycles. The van der Waals surface area contributed by atoms with Gasteiger partial charge in [-0.3, -0.25) is 9.59 Å². The summed E-state index contributed by atoms with van der Waals surface area (Å²) in [6, 6.07) is 1.55. The van der Waals surface area contributed by atoms with Gasteiger partial charge in [-0.15, -0.1) is 0 Å². The van der Waals surface area contributed by atoms with E-state index in [0.29, 0.717) is 17.7 Å². The van der Waals surface area contributed by atoms with Crippen LogP contribution in [0.3, 0.4) is 0 Å². The number of hydrogen-bond acceptors (Lipinski definition) is 6. The van der Waals surface area contributed by atoms with Crippen LogP contribution in [0.5, 0.6) is 0 Å². The molecule has 2 aliphatic rings. The van der Waals surface area contributed by atoms with E-state index in [0.717, 1.165) is 36.8 Å². The molecule has 1 amide bonds. The largest absolute Gasteiger partial charge is 0.334 e. The topological polar surface area (TPSA) is 113 Å². The highest BCUT2D eigenvalue weighted by molar-refractivity contribution is 7.91. The van der Waals surface area contributed by atoms with Gasteiger partial charge in [0.25, 0.3) is 5.56 Å². The standard InChI is InChI=1S/C19H26N4O4S/c1-13-14(2)21-22(19(25)17(13)10-20)11-18(24)23(15-6-4-3-5-7-15)16-8-9-28(26,27)12-16/h15-16H,3-9,11-12H2,1-2H3. The van der Waals surface area contributed by atoms with E-state index in [9.17, 15) is 23.3 Å². The molecule has 28 heavy (non-hydrogen) atoms. The first kappa shape index (κ1) is 20.5. The number of rotatable bonds is 4. The van der Waals surface area contributed by atoms with Gasteiger partial charge in [0, 0.05) is 12.1 Å². The van der Waals surface area contributed by atoms with Crippen molar-refractivity contribution in [3.63, 3.8) is 0 Å². The summed E-state index contributed by atoms with van der Waals surface area (Å²) >= 11 is 0. The molecule has 8 nitrogen and oxygen atoms in total. The normalized spacial score (nSPS) is 22.0. The van der Waals surface area contributed by atoms with Crippen molar-refractivity contribution in [2.45, 2.75) is 71.0 Å². The smallest absolute Gasteiger partial charge is 0.285 e. The molecule has 0 N–H and O–H groups in total. The molecule has 3 rings (SSSR count). The van der Waals surface area contributed by atoms with Crippen LogP contribution in [0.1, 0.15) is 55.3 Å². The van der Waals surface area contributed by atoms with Crippen LogP contribution in [0.25, 0.3) is 0 Å². The molecular formula is C19H26N4O4S. The van der Waals surface area contributed by atoms with Gasteiger partial charge in [0.2, 0.25) is 5.91 Å². The maximum absolute atomic E-state index is 13.2. The predicted molar refractivity (Wildman–Crippen MR) is 103 cm³/mol. The lowest BCUT2D eigenvalue weighted by Crippen LogP contribution is -2.50. The second kappa shape index (κ2) is 8.03. The Hall–Kier alpha value is -2.21. The average Bonchev–Trinajstić information content (AvgIpc) is 3.00. The number of hydrogen-bond donors (Lipinski definition) is 0. The lowest BCUT2D eigenvalue weighted by molar-refractivity contribution is -0.137. The quantitative estimate of drug-likeness (QED) is 0.739. The molecule has 1 unspecified atom stereocenters. The number of carbonyl (C=O) groups excluding carboxylic acids is 1. The van der Waals surface area contributed by atoms with Crippen molar-refractivity contribution >= 4 is 15.7 Å². The summed E-state index contributed by atoms with van der Waals surface area (Å²) < 4.78 is 25.0. The van der Waals surface area contributed by atoms with Crippen LogP contribution in [0.4, 0.5) is 0 Å². The third-order valence-corrected chi connectivity index (χ3v) is 7.64. The molecule has 2 fully saturated rings. The predicted octanol–water partition coefficient (Wildman–Crippen LogP) is 1.08. The Labute approximate surface area is 165 Å². The molecule has 1 aliphatic heterocycles. The summed E-state index contributed by atoms with van der Waals surface area (Å²) in [5.74, 6) is -0.224. The minimum Gasteiger partial charge on any atom is -0.334 e. The number of aryl methyl sites for hydroxylation is 1. The van der Waals surface area contributed by atoms with Gasteiger partial charge < -0.3 is 4.90 Å².